The summed E-state index contributed by atoms with van der Waals surface area (Å²) in [6.07, 6.45) is -3.47. The van der Waals surface area contributed by atoms with Gasteiger partial charge in [0.25, 0.3) is 10.2 Å². The van der Waals surface area contributed by atoms with Gasteiger partial charge in [-0.3, -0.25) is 0 Å². The van der Waals surface area contributed by atoms with Gasteiger partial charge in [-0.05, 0) is 19.3 Å². The van der Waals surface area contributed by atoms with Crippen molar-refractivity contribution >= 4 is 10.2 Å². The lowest BCUT2D eigenvalue weighted by Gasteiger charge is -2.31. The van der Waals surface area contributed by atoms with Crippen molar-refractivity contribution in [1.29, 1.82) is 0 Å². The molecule has 0 aromatic carbocycles. The van der Waals surface area contributed by atoms with Crippen molar-refractivity contribution in [2.24, 2.45) is 5.92 Å². The molecule has 0 unspecified atom stereocenters. The molecule has 102 valence electrons. The summed E-state index contributed by atoms with van der Waals surface area (Å²) in [6.45, 7) is 0. The van der Waals surface area contributed by atoms with Crippen molar-refractivity contribution in [1.82, 2.24) is 9.03 Å². The first-order chi connectivity index (χ1) is 7.63. The van der Waals surface area contributed by atoms with Gasteiger partial charge in [0.15, 0.2) is 0 Å². The van der Waals surface area contributed by atoms with Crippen molar-refractivity contribution in [3.8, 4) is 0 Å². The quantitative estimate of drug-likeness (QED) is 0.848. The molecule has 1 saturated carbocycles. The average molecular weight is 274 g/mol. The highest BCUT2D eigenvalue weighted by atomic mass is 32.2. The molecular weight excluding hydrogens is 257 g/mol. The average Bonchev–Trinajstić information content (AvgIpc) is 2.15. The van der Waals surface area contributed by atoms with E-state index >= 15 is 0 Å². The fourth-order valence-electron chi connectivity index (χ4n) is 1.91. The molecule has 1 aliphatic carbocycles. The first kappa shape index (κ1) is 14.7. The molecule has 0 radical (unpaired) electrons. The number of hydrogen-bond acceptors (Lipinski definition) is 2. The Kier molecular flexibility index (Phi) is 4.43. The predicted octanol–water partition coefficient (Wildman–Crippen LogP) is 1.50. The molecule has 0 aliphatic heterocycles. The molecule has 0 heterocycles. The minimum absolute atomic E-state index is 0.0870. The Hall–Kier alpha value is -0.340. The van der Waals surface area contributed by atoms with Crippen LogP contribution in [0.15, 0.2) is 0 Å². The molecule has 0 spiro atoms. The van der Waals surface area contributed by atoms with Gasteiger partial charge in [-0.1, -0.05) is 6.42 Å². The SMILES string of the molecule is CN(C)S(=O)(=O)N[C@H]1CCC[C@@H](C(F)(F)F)C1. The standard InChI is InChI=1S/C9H17F3N2O2S/c1-14(2)17(15,16)13-8-5-3-4-7(6-8)9(10,11)12/h7-8,13H,3-6H2,1-2H3/t7-,8+/m1/s1. The van der Waals surface area contributed by atoms with Crippen LogP contribution in [0, 0.1) is 5.92 Å². The van der Waals surface area contributed by atoms with Gasteiger partial charge in [0.05, 0.1) is 5.92 Å². The van der Waals surface area contributed by atoms with Crippen molar-refractivity contribution < 1.29 is 21.6 Å². The minimum atomic E-state index is -4.23. The molecule has 17 heavy (non-hydrogen) atoms. The van der Waals surface area contributed by atoms with Crippen molar-refractivity contribution in [2.45, 2.75) is 37.9 Å². The zero-order valence-electron chi connectivity index (χ0n) is 9.79. The van der Waals surface area contributed by atoms with Crippen LogP contribution in [0.1, 0.15) is 25.7 Å². The molecule has 0 amide bonds. The lowest BCUT2D eigenvalue weighted by Crippen LogP contribution is -2.45. The highest BCUT2D eigenvalue weighted by Crippen LogP contribution is 2.37. The molecule has 8 heteroatoms. The second-order valence-electron chi connectivity index (χ2n) is 4.51. The van der Waals surface area contributed by atoms with Crippen LogP contribution in [-0.4, -0.2) is 39.0 Å². The third-order valence-corrected chi connectivity index (χ3v) is 4.53. The Labute approximate surface area is 99.4 Å². The number of hydrogen-bond donors (Lipinski definition) is 1. The third-order valence-electron chi connectivity index (χ3n) is 2.93. The van der Waals surface area contributed by atoms with Crippen LogP contribution in [0.3, 0.4) is 0 Å². The molecule has 1 aliphatic rings. The highest BCUT2D eigenvalue weighted by Gasteiger charge is 2.42. The van der Waals surface area contributed by atoms with Gasteiger partial charge in [-0.25, -0.2) is 0 Å². The summed E-state index contributed by atoms with van der Waals surface area (Å²) in [6, 6.07) is -0.622. The van der Waals surface area contributed by atoms with Crippen LogP contribution >= 0.6 is 0 Å². The van der Waals surface area contributed by atoms with Crippen LogP contribution in [0.2, 0.25) is 0 Å². The van der Waals surface area contributed by atoms with E-state index in [0.717, 1.165) is 4.31 Å². The van der Waals surface area contributed by atoms with Gasteiger partial charge in [0.2, 0.25) is 0 Å². The fraction of sp³-hybridized carbons (Fsp3) is 1.00. The smallest absolute Gasteiger partial charge is 0.199 e. The number of nitrogens with one attached hydrogen (secondary N) is 1. The second kappa shape index (κ2) is 5.11. The van der Waals surface area contributed by atoms with Gasteiger partial charge in [-0.2, -0.15) is 30.6 Å². The summed E-state index contributed by atoms with van der Waals surface area (Å²) in [7, 11) is -0.971. The fourth-order valence-corrected chi connectivity index (χ4v) is 2.76. The van der Waals surface area contributed by atoms with Gasteiger partial charge in [0, 0.05) is 20.1 Å². The summed E-state index contributed by atoms with van der Waals surface area (Å²) < 4.78 is 63.8. The molecule has 1 fully saturated rings. The summed E-state index contributed by atoms with van der Waals surface area (Å²) in [5, 5.41) is 0. The van der Waals surface area contributed by atoms with E-state index in [1.165, 1.54) is 14.1 Å². The van der Waals surface area contributed by atoms with Crippen LogP contribution in [0.5, 0.6) is 0 Å². The van der Waals surface area contributed by atoms with E-state index in [2.05, 4.69) is 4.72 Å². The maximum atomic E-state index is 12.5. The van der Waals surface area contributed by atoms with Crippen molar-refractivity contribution in [3.63, 3.8) is 0 Å². The van der Waals surface area contributed by atoms with Crippen LogP contribution < -0.4 is 4.72 Å². The molecule has 4 nitrogen and oxygen atoms in total. The topological polar surface area (TPSA) is 49.4 Å². The Balaban J connectivity index is 2.63. The molecular formula is C9H17F3N2O2S. The number of nitrogens with zero attached hydrogens (tertiary/aromatic N) is 1. The lowest BCUT2D eigenvalue weighted by molar-refractivity contribution is -0.183. The Morgan fingerprint density at radius 3 is 2.29 bits per heavy atom. The maximum absolute atomic E-state index is 12.5. The summed E-state index contributed by atoms with van der Waals surface area (Å²) in [4.78, 5) is 0. The second-order valence-corrected chi connectivity index (χ2v) is 6.42. The van der Waals surface area contributed by atoms with Gasteiger partial charge >= 0.3 is 6.18 Å². The zero-order chi connectivity index (χ0) is 13.3. The normalized spacial score (nSPS) is 27.4. The molecule has 0 aromatic rings. The van der Waals surface area contributed by atoms with E-state index in [-0.39, 0.29) is 12.8 Å². The molecule has 1 rings (SSSR count). The van der Waals surface area contributed by atoms with E-state index < -0.39 is 28.3 Å². The molecule has 1 N–H and O–H groups in total. The zero-order valence-corrected chi connectivity index (χ0v) is 10.6. The van der Waals surface area contributed by atoms with E-state index in [9.17, 15) is 21.6 Å². The van der Waals surface area contributed by atoms with Crippen molar-refractivity contribution in [3.05, 3.63) is 0 Å². The highest BCUT2D eigenvalue weighted by molar-refractivity contribution is 7.87. The predicted molar refractivity (Wildman–Crippen MR) is 57.5 cm³/mol. The summed E-state index contributed by atoms with van der Waals surface area (Å²) in [5.41, 5.74) is 0. The number of alkyl halides is 3. The summed E-state index contributed by atoms with van der Waals surface area (Å²) in [5.74, 6) is -1.40. The van der Waals surface area contributed by atoms with Gasteiger partial charge in [-0.15, -0.1) is 0 Å². The molecule has 0 saturated heterocycles. The molecule has 2 atom stereocenters. The van der Waals surface area contributed by atoms with Crippen LogP contribution in [0.4, 0.5) is 13.2 Å². The largest absolute Gasteiger partial charge is 0.391 e. The van der Waals surface area contributed by atoms with Crippen LogP contribution in [0.25, 0.3) is 0 Å². The van der Waals surface area contributed by atoms with Crippen LogP contribution in [-0.2, 0) is 10.2 Å². The van der Waals surface area contributed by atoms with E-state index in [0.29, 0.717) is 12.8 Å². The van der Waals surface area contributed by atoms with E-state index in [1.807, 2.05) is 0 Å². The first-order valence-electron chi connectivity index (χ1n) is 5.39. The third kappa shape index (κ3) is 4.11. The lowest BCUT2D eigenvalue weighted by atomic mass is 9.86. The number of halogens is 3. The minimum Gasteiger partial charge on any atom is -0.199 e. The Bertz CT molecular complexity index is 354. The molecule has 0 bridgehead atoms. The van der Waals surface area contributed by atoms with E-state index in [4.69, 9.17) is 0 Å². The van der Waals surface area contributed by atoms with Gasteiger partial charge < -0.3 is 0 Å². The maximum Gasteiger partial charge on any atom is 0.391 e. The Morgan fingerprint density at radius 1 is 1.24 bits per heavy atom. The van der Waals surface area contributed by atoms with Gasteiger partial charge in [0.1, 0.15) is 0 Å². The Morgan fingerprint density at radius 2 is 1.82 bits per heavy atom. The first-order valence-corrected chi connectivity index (χ1v) is 6.83. The summed E-state index contributed by atoms with van der Waals surface area (Å²) >= 11 is 0. The van der Waals surface area contributed by atoms with E-state index in [1.54, 1.807) is 0 Å². The monoisotopic (exact) mass is 274 g/mol. The molecule has 0 aromatic heterocycles. The number of rotatable bonds is 3. The van der Waals surface area contributed by atoms with Crippen molar-refractivity contribution in [2.75, 3.05) is 14.1 Å².